The van der Waals surface area contributed by atoms with Gasteiger partial charge in [0.05, 0.1) is 19.3 Å². The number of hydrogen-bond donors (Lipinski definition) is 3. The van der Waals surface area contributed by atoms with Crippen LogP contribution in [-0.4, -0.2) is 59.9 Å². The van der Waals surface area contributed by atoms with Gasteiger partial charge in [0.25, 0.3) is 0 Å². The Morgan fingerprint density at radius 3 is 3.00 bits per heavy atom. The highest BCUT2D eigenvalue weighted by Crippen LogP contribution is 1.96. The van der Waals surface area contributed by atoms with E-state index in [0.29, 0.717) is 13.1 Å². The van der Waals surface area contributed by atoms with Gasteiger partial charge in [0.1, 0.15) is 0 Å². The third-order valence-corrected chi connectivity index (χ3v) is 1.83. The molecule has 0 aliphatic carbocycles. The maximum atomic E-state index is 11.1. The van der Waals surface area contributed by atoms with Crippen LogP contribution in [0.4, 0.5) is 0 Å². The first-order valence-corrected chi connectivity index (χ1v) is 4.01. The molecule has 70 valence electrons. The fourth-order valence-electron chi connectivity index (χ4n) is 1.15. The summed E-state index contributed by atoms with van der Waals surface area (Å²) in [5.74, 6) is -0.0197. The molecule has 1 rings (SSSR count). The van der Waals surface area contributed by atoms with Crippen LogP contribution in [0.2, 0.25) is 0 Å². The molecule has 1 aliphatic heterocycles. The van der Waals surface area contributed by atoms with Gasteiger partial charge < -0.3 is 20.4 Å². The fraction of sp³-hybridized carbons (Fsp3) is 0.857. The largest absolute Gasteiger partial charge is 0.394 e. The predicted octanol–water partition coefficient (Wildman–Crippen LogP) is -2.23. The molecule has 0 aromatic rings. The maximum Gasteiger partial charge on any atom is 0.236 e. The van der Waals surface area contributed by atoms with Crippen LogP contribution in [0.1, 0.15) is 0 Å². The lowest BCUT2D eigenvalue weighted by atomic mass is 10.3. The lowest BCUT2D eigenvalue weighted by Crippen LogP contribution is -2.50. The lowest BCUT2D eigenvalue weighted by Gasteiger charge is -2.28. The number of rotatable bonds is 3. The molecule has 0 bridgehead atoms. The van der Waals surface area contributed by atoms with Gasteiger partial charge in [0.15, 0.2) is 0 Å². The van der Waals surface area contributed by atoms with E-state index >= 15 is 0 Å². The molecule has 0 radical (unpaired) electrons. The van der Waals surface area contributed by atoms with Gasteiger partial charge in [-0.05, 0) is 0 Å². The van der Waals surface area contributed by atoms with E-state index in [9.17, 15) is 4.79 Å². The Morgan fingerprint density at radius 2 is 2.42 bits per heavy atom. The number of piperazine rings is 1. The van der Waals surface area contributed by atoms with Crippen LogP contribution in [0, 0.1) is 0 Å². The SMILES string of the molecule is O=C1CNCCN1CC(O)CO. The average Bonchev–Trinajstić information content (AvgIpc) is 2.09. The molecule has 12 heavy (non-hydrogen) atoms. The van der Waals surface area contributed by atoms with Crippen molar-refractivity contribution in [3.8, 4) is 0 Å². The molecule has 1 unspecified atom stereocenters. The summed E-state index contributed by atoms with van der Waals surface area (Å²) in [6.07, 6.45) is -0.813. The van der Waals surface area contributed by atoms with Crippen LogP contribution in [0.15, 0.2) is 0 Å². The highest BCUT2D eigenvalue weighted by molar-refractivity contribution is 5.79. The Kier molecular flexibility index (Phi) is 3.46. The normalized spacial score (nSPS) is 21.2. The number of carbonyl (C=O) groups excluding carboxylic acids is 1. The first-order chi connectivity index (χ1) is 5.74. The van der Waals surface area contributed by atoms with Gasteiger partial charge in [-0.1, -0.05) is 0 Å². The van der Waals surface area contributed by atoms with Crippen molar-refractivity contribution in [1.82, 2.24) is 10.2 Å². The standard InChI is InChI=1S/C7H14N2O3/c10-5-6(11)4-9-2-1-8-3-7(9)12/h6,8,10-11H,1-5H2. The Bertz CT molecular complexity index is 163. The molecule has 1 fully saturated rings. The van der Waals surface area contributed by atoms with Crippen molar-refractivity contribution >= 4 is 5.91 Å². The second-order valence-electron chi connectivity index (χ2n) is 2.85. The molecule has 3 N–H and O–H groups in total. The predicted molar refractivity (Wildman–Crippen MR) is 42.5 cm³/mol. The van der Waals surface area contributed by atoms with E-state index in [2.05, 4.69) is 5.32 Å². The van der Waals surface area contributed by atoms with E-state index in [-0.39, 0.29) is 19.1 Å². The number of carbonyl (C=O) groups is 1. The quantitative estimate of drug-likeness (QED) is 0.453. The number of nitrogens with zero attached hydrogens (tertiary/aromatic N) is 1. The minimum atomic E-state index is -0.813. The maximum absolute atomic E-state index is 11.1. The van der Waals surface area contributed by atoms with Crippen molar-refractivity contribution in [3.05, 3.63) is 0 Å². The number of nitrogens with one attached hydrogen (secondary N) is 1. The van der Waals surface area contributed by atoms with Gasteiger partial charge in [-0.15, -0.1) is 0 Å². The minimum Gasteiger partial charge on any atom is -0.394 e. The van der Waals surface area contributed by atoms with E-state index in [4.69, 9.17) is 10.2 Å². The minimum absolute atomic E-state index is 0.0197. The molecule has 1 amide bonds. The Labute approximate surface area is 71.0 Å². The summed E-state index contributed by atoms with van der Waals surface area (Å²) >= 11 is 0. The third-order valence-electron chi connectivity index (χ3n) is 1.83. The van der Waals surface area contributed by atoms with Crippen molar-refractivity contribution < 1.29 is 15.0 Å². The Morgan fingerprint density at radius 1 is 1.67 bits per heavy atom. The Hall–Kier alpha value is -0.650. The Balaban J connectivity index is 2.34. The van der Waals surface area contributed by atoms with Gasteiger partial charge in [0.2, 0.25) is 5.91 Å². The molecule has 1 saturated heterocycles. The summed E-state index contributed by atoms with van der Waals surface area (Å²) in [6.45, 7) is 1.63. The molecule has 5 nitrogen and oxygen atoms in total. The fourth-order valence-corrected chi connectivity index (χ4v) is 1.15. The van der Waals surface area contributed by atoms with Crippen LogP contribution < -0.4 is 5.32 Å². The topological polar surface area (TPSA) is 72.8 Å². The van der Waals surface area contributed by atoms with Gasteiger partial charge >= 0.3 is 0 Å². The summed E-state index contributed by atoms with van der Waals surface area (Å²) in [5.41, 5.74) is 0. The molecular formula is C7H14N2O3. The smallest absolute Gasteiger partial charge is 0.236 e. The van der Waals surface area contributed by atoms with E-state index in [1.807, 2.05) is 0 Å². The molecule has 1 atom stereocenters. The van der Waals surface area contributed by atoms with Crippen LogP contribution in [-0.2, 0) is 4.79 Å². The first kappa shape index (κ1) is 9.44. The number of aliphatic hydroxyl groups excluding tert-OH is 2. The number of amides is 1. The van der Waals surface area contributed by atoms with Crippen LogP contribution in [0.5, 0.6) is 0 Å². The van der Waals surface area contributed by atoms with Gasteiger partial charge in [0, 0.05) is 19.6 Å². The van der Waals surface area contributed by atoms with E-state index in [1.54, 1.807) is 4.90 Å². The highest BCUT2D eigenvalue weighted by Gasteiger charge is 2.19. The van der Waals surface area contributed by atoms with E-state index in [0.717, 1.165) is 6.54 Å². The molecule has 5 heteroatoms. The zero-order valence-electron chi connectivity index (χ0n) is 6.86. The highest BCUT2D eigenvalue weighted by atomic mass is 16.3. The van der Waals surface area contributed by atoms with Gasteiger partial charge in [-0.3, -0.25) is 4.79 Å². The third kappa shape index (κ3) is 2.44. The average molecular weight is 174 g/mol. The molecule has 0 saturated carbocycles. The summed E-state index contributed by atoms with van der Waals surface area (Å²) < 4.78 is 0. The summed E-state index contributed by atoms with van der Waals surface area (Å²) in [6, 6.07) is 0. The number of aliphatic hydroxyl groups is 2. The van der Waals surface area contributed by atoms with Crippen LogP contribution >= 0.6 is 0 Å². The molecule has 0 aromatic heterocycles. The van der Waals surface area contributed by atoms with Gasteiger partial charge in [-0.2, -0.15) is 0 Å². The summed E-state index contributed by atoms with van der Waals surface area (Å²) in [5, 5.41) is 20.5. The zero-order valence-corrected chi connectivity index (χ0v) is 6.86. The first-order valence-electron chi connectivity index (χ1n) is 4.01. The zero-order chi connectivity index (χ0) is 8.97. The number of β-amino-alcohol motifs (C(OH)–C–C–N with tert-alkyl or cyclic N) is 1. The van der Waals surface area contributed by atoms with Crippen molar-refractivity contribution in [2.24, 2.45) is 0 Å². The second-order valence-corrected chi connectivity index (χ2v) is 2.85. The lowest BCUT2D eigenvalue weighted by molar-refractivity contribution is -0.133. The number of hydrogen-bond acceptors (Lipinski definition) is 4. The van der Waals surface area contributed by atoms with Crippen molar-refractivity contribution in [1.29, 1.82) is 0 Å². The molecule has 1 heterocycles. The van der Waals surface area contributed by atoms with Crippen molar-refractivity contribution in [2.45, 2.75) is 6.10 Å². The summed E-state index contributed by atoms with van der Waals surface area (Å²) in [7, 11) is 0. The molecule has 0 spiro atoms. The molecule has 0 aromatic carbocycles. The van der Waals surface area contributed by atoms with Crippen molar-refractivity contribution in [3.63, 3.8) is 0 Å². The van der Waals surface area contributed by atoms with Crippen molar-refractivity contribution in [2.75, 3.05) is 32.8 Å². The van der Waals surface area contributed by atoms with E-state index < -0.39 is 6.10 Å². The van der Waals surface area contributed by atoms with Gasteiger partial charge in [-0.25, -0.2) is 0 Å². The van der Waals surface area contributed by atoms with Crippen LogP contribution in [0.3, 0.4) is 0 Å². The molecule has 1 aliphatic rings. The molecular weight excluding hydrogens is 160 g/mol. The van der Waals surface area contributed by atoms with Crippen LogP contribution in [0.25, 0.3) is 0 Å². The monoisotopic (exact) mass is 174 g/mol. The summed E-state index contributed by atoms with van der Waals surface area (Å²) in [4.78, 5) is 12.7. The van der Waals surface area contributed by atoms with E-state index in [1.165, 1.54) is 0 Å². The second kappa shape index (κ2) is 4.39.